The van der Waals surface area contributed by atoms with Crippen molar-refractivity contribution in [1.29, 1.82) is 0 Å². The van der Waals surface area contributed by atoms with Gasteiger partial charge in [-0.1, -0.05) is 34.8 Å². The molecule has 0 N–H and O–H groups in total. The summed E-state index contributed by atoms with van der Waals surface area (Å²) in [6.45, 7) is 5.30. The topological polar surface area (TPSA) is 87.6 Å². The van der Waals surface area contributed by atoms with Gasteiger partial charge in [-0.15, -0.1) is 0 Å². The van der Waals surface area contributed by atoms with Crippen molar-refractivity contribution < 1.29 is 35.9 Å². The van der Waals surface area contributed by atoms with Crippen LogP contribution < -0.4 is 0 Å². The fraction of sp³-hybridized carbons (Fsp3) is 0.147. The first-order chi connectivity index (χ1) is 24.3. The van der Waals surface area contributed by atoms with Crippen LogP contribution in [0, 0.1) is 20.8 Å². The number of nitrogens with zero attached hydrogens (tertiary/aromatic N) is 6. The third kappa shape index (κ3) is 10.1. The van der Waals surface area contributed by atoms with E-state index in [1.165, 1.54) is 46.0 Å². The minimum absolute atomic E-state index is 0.00271. The molecule has 0 aliphatic carbocycles. The Bertz CT molecular complexity index is 2230. The van der Waals surface area contributed by atoms with Crippen LogP contribution >= 0.6 is 50.7 Å². The van der Waals surface area contributed by atoms with Gasteiger partial charge in [-0.2, -0.15) is 41.6 Å². The van der Waals surface area contributed by atoms with Gasteiger partial charge < -0.3 is 0 Å². The molecule has 3 aromatic carbocycles. The number of Topliss-reactive ketones (excluding diaryl/α,β-unsaturated/α-hetero) is 2. The van der Waals surface area contributed by atoms with Crippen LogP contribution in [0.15, 0.2) is 95.9 Å². The quantitative estimate of drug-likeness (QED) is 0.127. The van der Waals surface area contributed by atoms with Crippen LogP contribution in [0.5, 0.6) is 0 Å². The van der Waals surface area contributed by atoms with Crippen molar-refractivity contribution in [3.8, 4) is 17.1 Å². The molecule has 0 bridgehead atoms. The van der Waals surface area contributed by atoms with Crippen molar-refractivity contribution in [2.24, 2.45) is 0 Å². The summed E-state index contributed by atoms with van der Waals surface area (Å²) in [5, 5.41) is 13.3. The van der Waals surface area contributed by atoms with Crippen molar-refractivity contribution in [2.45, 2.75) is 33.1 Å². The molecule has 0 fully saturated rings. The second kappa shape index (κ2) is 16.5. The van der Waals surface area contributed by atoms with Crippen molar-refractivity contribution in [3.63, 3.8) is 0 Å². The molecule has 0 spiro atoms. The molecule has 0 radical (unpaired) electrons. The van der Waals surface area contributed by atoms with E-state index < -0.39 is 35.0 Å². The monoisotopic (exact) mass is 846 g/mol. The van der Waals surface area contributed by atoms with E-state index in [4.69, 9.17) is 34.8 Å². The van der Waals surface area contributed by atoms with Crippen LogP contribution in [0.4, 0.5) is 26.3 Å². The molecule has 0 atom stereocenters. The van der Waals surface area contributed by atoms with E-state index in [0.717, 1.165) is 28.0 Å². The largest absolute Gasteiger partial charge is 0.454 e. The van der Waals surface area contributed by atoms with Gasteiger partial charge in [-0.3, -0.25) is 9.59 Å². The number of ketones is 2. The summed E-state index contributed by atoms with van der Waals surface area (Å²) in [5.74, 6) is -3.85. The summed E-state index contributed by atoms with van der Waals surface area (Å²) in [7, 11) is 0. The summed E-state index contributed by atoms with van der Waals surface area (Å²) >= 11 is 20.9. The molecule has 0 unspecified atom stereocenters. The Hall–Kier alpha value is -4.44. The third-order valence-electron chi connectivity index (χ3n) is 6.83. The zero-order chi connectivity index (χ0) is 38.5. The summed E-state index contributed by atoms with van der Waals surface area (Å²) in [6, 6.07) is 17.9. The van der Waals surface area contributed by atoms with E-state index in [-0.39, 0.29) is 21.4 Å². The smallest absolute Gasteiger partial charge is 0.284 e. The van der Waals surface area contributed by atoms with Crippen molar-refractivity contribution in [1.82, 2.24) is 29.3 Å². The number of carbonyl (C=O) groups excluding carboxylic acids is 2. The van der Waals surface area contributed by atoms with Gasteiger partial charge in [0.15, 0.2) is 0 Å². The molecule has 0 aliphatic rings. The molecule has 0 amide bonds. The Labute approximate surface area is 315 Å². The highest BCUT2D eigenvalue weighted by atomic mass is 79.9. The molecule has 0 saturated heterocycles. The van der Waals surface area contributed by atoms with Gasteiger partial charge in [-0.05, 0) is 109 Å². The van der Waals surface area contributed by atoms with Crippen molar-refractivity contribution >= 4 is 62.3 Å². The van der Waals surface area contributed by atoms with Gasteiger partial charge in [0, 0.05) is 43.8 Å². The van der Waals surface area contributed by atoms with Crippen molar-refractivity contribution in [3.05, 3.63) is 139 Å². The summed E-state index contributed by atoms with van der Waals surface area (Å²) in [6.07, 6.45) is -5.08. The molecule has 272 valence electrons. The van der Waals surface area contributed by atoms with Gasteiger partial charge in [0.05, 0.1) is 39.6 Å². The van der Waals surface area contributed by atoms with Gasteiger partial charge in [0.25, 0.3) is 11.6 Å². The van der Waals surface area contributed by atoms with Crippen LogP contribution in [0.1, 0.15) is 37.8 Å². The predicted molar refractivity (Wildman–Crippen MR) is 188 cm³/mol. The number of aromatic nitrogens is 6. The molecule has 6 rings (SSSR count). The average molecular weight is 849 g/mol. The number of rotatable bonds is 5. The van der Waals surface area contributed by atoms with Crippen LogP contribution in [0.2, 0.25) is 15.1 Å². The molecular weight excluding hydrogens is 825 g/mol. The lowest BCUT2D eigenvalue weighted by atomic mass is 10.1. The number of halogens is 10. The predicted octanol–water partition coefficient (Wildman–Crippen LogP) is 10.8. The lowest BCUT2D eigenvalue weighted by Crippen LogP contribution is -2.24. The number of benzene rings is 3. The lowest BCUT2D eigenvalue weighted by Gasteiger charge is -2.12. The normalized spacial score (nSPS) is 11.3. The van der Waals surface area contributed by atoms with Gasteiger partial charge in [-0.25, -0.2) is 14.0 Å². The number of alkyl halides is 6. The zero-order valence-electron chi connectivity index (χ0n) is 26.9. The van der Waals surface area contributed by atoms with Crippen LogP contribution in [0.25, 0.3) is 17.1 Å². The Balaban J connectivity index is 0.000000177. The minimum Gasteiger partial charge on any atom is -0.284 e. The first-order valence-electron chi connectivity index (χ1n) is 14.6. The molecule has 6 aromatic rings. The Morgan fingerprint density at radius 1 is 0.615 bits per heavy atom. The van der Waals surface area contributed by atoms with E-state index in [0.29, 0.717) is 16.4 Å². The van der Waals surface area contributed by atoms with Crippen LogP contribution in [-0.2, 0) is 0 Å². The number of hydrogen-bond acceptors (Lipinski definition) is 5. The molecule has 3 heterocycles. The standard InChI is InChI=1S/2C12H8ClF3N2O.C10H8BrClN2/c1-7-4-5-18(17-7)10-6-8(13)2-3-9(10)11(19)12(14,15)16;1-7-4-5-17-18(7)10-6-8(13)2-3-9(10)11(19)12(14,15)16;1-7-4-5-14(13-7)10-6-8(12)2-3-9(10)11/h2*2-6H,1H3;2-6H,1H3. The molecule has 3 aromatic heterocycles. The molecule has 0 saturated carbocycles. The maximum Gasteiger partial charge on any atom is 0.454 e. The number of aryl methyl sites for hydroxylation is 3. The highest BCUT2D eigenvalue weighted by Gasteiger charge is 2.41. The van der Waals surface area contributed by atoms with E-state index in [2.05, 4.69) is 31.2 Å². The maximum atomic E-state index is 12.5. The lowest BCUT2D eigenvalue weighted by molar-refractivity contribution is -0.0888. The van der Waals surface area contributed by atoms with E-state index in [1.807, 2.05) is 37.4 Å². The first-order valence-corrected chi connectivity index (χ1v) is 16.5. The van der Waals surface area contributed by atoms with Gasteiger partial charge in [0.1, 0.15) is 0 Å². The zero-order valence-corrected chi connectivity index (χ0v) is 30.8. The summed E-state index contributed by atoms with van der Waals surface area (Å²) in [5.41, 5.74) is 2.19. The molecule has 8 nitrogen and oxygen atoms in total. The van der Waals surface area contributed by atoms with E-state index in [1.54, 1.807) is 30.7 Å². The molecular formula is C34H24BrCl3F6N6O2. The fourth-order valence-electron chi connectivity index (χ4n) is 4.45. The number of carbonyl (C=O) groups is 2. The second-order valence-electron chi connectivity index (χ2n) is 10.8. The fourth-order valence-corrected chi connectivity index (χ4v) is 5.37. The van der Waals surface area contributed by atoms with E-state index in [9.17, 15) is 35.9 Å². The Morgan fingerprint density at radius 2 is 1.04 bits per heavy atom. The molecule has 0 aliphatic heterocycles. The van der Waals surface area contributed by atoms with Gasteiger partial charge >= 0.3 is 12.4 Å². The average Bonchev–Trinajstić information content (AvgIpc) is 3.82. The highest BCUT2D eigenvalue weighted by Crippen LogP contribution is 2.29. The Morgan fingerprint density at radius 3 is 1.46 bits per heavy atom. The van der Waals surface area contributed by atoms with Crippen molar-refractivity contribution in [2.75, 3.05) is 0 Å². The molecule has 18 heteroatoms. The van der Waals surface area contributed by atoms with Crippen LogP contribution in [-0.4, -0.2) is 53.3 Å². The third-order valence-corrected chi connectivity index (χ3v) is 8.21. The summed E-state index contributed by atoms with van der Waals surface area (Å²) < 4.78 is 80.4. The maximum absolute atomic E-state index is 12.5. The SMILES string of the molecule is Cc1ccn(-c2cc(Cl)ccc2Br)n1.Cc1ccn(-c2cc(Cl)ccc2C(=O)C(F)(F)F)n1.Cc1ccnn1-c1cc(Cl)ccc1C(=O)C(F)(F)F. The van der Waals surface area contributed by atoms with Gasteiger partial charge in [0.2, 0.25) is 0 Å². The van der Waals surface area contributed by atoms with Crippen LogP contribution in [0.3, 0.4) is 0 Å². The first kappa shape index (κ1) is 40.3. The summed E-state index contributed by atoms with van der Waals surface area (Å²) in [4.78, 5) is 22.8. The number of hydrogen-bond donors (Lipinski definition) is 0. The molecule has 52 heavy (non-hydrogen) atoms. The highest BCUT2D eigenvalue weighted by molar-refractivity contribution is 9.10. The van der Waals surface area contributed by atoms with E-state index >= 15 is 0 Å². The Kier molecular flexibility index (Phi) is 12.8. The minimum atomic E-state index is -4.94. The second-order valence-corrected chi connectivity index (χ2v) is 12.9.